The molecule has 4 atom stereocenters. The molecular formula is C6H11NNa2O13S2. The van der Waals surface area contributed by atoms with Crippen molar-refractivity contribution in [1.29, 1.82) is 0 Å². The van der Waals surface area contributed by atoms with Crippen molar-refractivity contribution in [3.8, 4) is 0 Å². The molecule has 18 heteroatoms. The van der Waals surface area contributed by atoms with Crippen molar-refractivity contribution in [2.24, 2.45) is 0 Å². The van der Waals surface area contributed by atoms with E-state index in [2.05, 4.69) is 13.5 Å². The molecule has 0 heterocycles. The van der Waals surface area contributed by atoms with Gasteiger partial charge in [-0.05, 0) is 0 Å². The zero-order valence-corrected chi connectivity index (χ0v) is 18.0. The van der Waals surface area contributed by atoms with Crippen molar-refractivity contribution in [2.45, 2.75) is 24.4 Å². The predicted octanol–water partition coefficient (Wildman–Crippen LogP) is -11.0. The largest absolute Gasteiger partial charge is 1.00 e. The van der Waals surface area contributed by atoms with Crippen LogP contribution in [0.1, 0.15) is 0 Å². The second-order valence-corrected chi connectivity index (χ2v) is 5.52. The average Bonchev–Trinajstić information content (AvgIpc) is 2.35. The van der Waals surface area contributed by atoms with E-state index in [1.54, 1.807) is 0 Å². The van der Waals surface area contributed by atoms with Gasteiger partial charge < -0.3 is 29.2 Å². The van der Waals surface area contributed by atoms with E-state index in [9.17, 15) is 46.1 Å². The van der Waals surface area contributed by atoms with Crippen LogP contribution in [0.2, 0.25) is 0 Å². The molecule has 0 bridgehead atoms. The fourth-order valence-electron chi connectivity index (χ4n) is 0.988. The summed E-state index contributed by atoms with van der Waals surface area (Å²) in [5.41, 5.74) is 1.32. The summed E-state index contributed by atoms with van der Waals surface area (Å²) in [5, 5.41) is 28.1. The Morgan fingerprint density at radius 2 is 1.50 bits per heavy atom. The minimum absolute atomic E-state index is 0. The number of carbonyl (C=O) groups is 1. The standard InChI is InChI=1S/C6H13NO13S2.2Na/c8-1-3(7-19-21(12,13)14)5(10)6(11)4(9)2-18-20-22(15,16)17;;/h1,3-7,9-11H,2H2,(H,12,13,14)(H,15,16,17);;/q;2*+1/p-2. The van der Waals surface area contributed by atoms with Crippen LogP contribution in [-0.2, 0) is 39.1 Å². The summed E-state index contributed by atoms with van der Waals surface area (Å²) in [6.07, 6.45) is -6.64. The van der Waals surface area contributed by atoms with Crippen LogP contribution in [0.3, 0.4) is 0 Å². The Hall–Kier alpha value is 1.21. The summed E-state index contributed by atoms with van der Waals surface area (Å²) in [7, 11) is -10.5. The molecule has 0 radical (unpaired) electrons. The van der Waals surface area contributed by atoms with Crippen LogP contribution in [0.15, 0.2) is 0 Å². The Bertz CT molecular complexity index is 553. The van der Waals surface area contributed by atoms with E-state index in [1.807, 2.05) is 0 Å². The molecule has 0 spiro atoms. The average molecular weight is 415 g/mol. The van der Waals surface area contributed by atoms with E-state index < -0.39 is 51.8 Å². The summed E-state index contributed by atoms with van der Waals surface area (Å²) >= 11 is 0. The van der Waals surface area contributed by atoms with Crippen LogP contribution in [0.25, 0.3) is 0 Å². The van der Waals surface area contributed by atoms with Crippen LogP contribution < -0.4 is 64.6 Å². The smallest absolute Gasteiger partial charge is 0.724 e. The first-order valence-electron chi connectivity index (χ1n) is 5.03. The zero-order chi connectivity index (χ0) is 17.6. The second-order valence-electron chi connectivity index (χ2n) is 3.58. The molecule has 0 rings (SSSR count). The third-order valence-electron chi connectivity index (χ3n) is 1.92. The van der Waals surface area contributed by atoms with E-state index in [1.165, 1.54) is 5.48 Å². The molecule has 0 saturated heterocycles. The molecule has 132 valence electrons. The predicted molar refractivity (Wildman–Crippen MR) is 58.5 cm³/mol. The number of aliphatic hydroxyl groups is 3. The van der Waals surface area contributed by atoms with Gasteiger partial charge in [0.2, 0.25) is 20.8 Å². The topological polar surface area (TPSA) is 232 Å². The zero-order valence-electron chi connectivity index (χ0n) is 12.3. The third-order valence-corrected chi connectivity index (χ3v) is 2.48. The molecule has 0 aromatic heterocycles. The van der Waals surface area contributed by atoms with Crippen LogP contribution in [-0.4, -0.2) is 78.5 Å². The summed E-state index contributed by atoms with van der Waals surface area (Å²) in [5.74, 6) is 0. The first-order chi connectivity index (χ1) is 9.87. The van der Waals surface area contributed by atoms with E-state index in [0.717, 1.165) is 0 Å². The Balaban J connectivity index is -0.00000220. The van der Waals surface area contributed by atoms with Crippen molar-refractivity contribution in [3.63, 3.8) is 0 Å². The minimum atomic E-state index is -5.26. The van der Waals surface area contributed by atoms with E-state index >= 15 is 0 Å². The van der Waals surface area contributed by atoms with Gasteiger partial charge in [0, 0.05) is 0 Å². The molecule has 0 aliphatic rings. The molecule has 0 aromatic rings. The number of rotatable bonds is 11. The fourth-order valence-corrected chi connectivity index (χ4v) is 1.39. The molecule has 4 unspecified atom stereocenters. The number of aldehydes is 1. The number of carbonyl (C=O) groups excluding carboxylic acids is 1. The first-order valence-corrected chi connectivity index (χ1v) is 7.70. The van der Waals surface area contributed by atoms with Gasteiger partial charge in [0.15, 0.2) is 0 Å². The number of hydrogen-bond acceptors (Lipinski definition) is 14. The van der Waals surface area contributed by atoms with Gasteiger partial charge in [0.05, 0.1) is 0 Å². The number of hydroxylamine groups is 1. The maximum Gasteiger partial charge on any atom is 1.00 e. The molecule has 0 aliphatic heterocycles. The van der Waals surface area contributed by atoms with Gasteiger partial charge in [-0.1, -0.05) is 0 Å². The van der Waals surface area contributed by atoms with E-state index in [4.69, 9.17) is 0 Å². The van der Waals surface area contributed by atoms with Crippen LogP contribution >= 0.6 is 0 Å². The molecule has 0 aromatic carbocycles. The van der Waals surface area contributed by atoms with Gasteiger partial charge in [0.25, 0.3) is 0 Å². The SMILES string of the molecule is O=CC(NOS(=O)(=O)[O-])C(O)C(O)C(O)COOS(=O)(=O)[O-].[Na+].[Na+]. The van der Waals surface area contributed by atoms with Crippen LogP contribution in [0, 0.1) is 0 Å². The maximum absolute atomic E-state index is 10.6. The molecule has 14 nitrogen and oxygen atoms in total. The Labute approximate surface area is 180 Å². The molecule has 0 saturated carbocycles. The maximum atomic E-state index is 10.6. The third kappa shape index (κ3) is 14.4. The summed E-state index contributed by atoms with van der Waals surface area (Å²) in [6.45, 7) is -1.12. The minimum Gasteiger partial charge on any atom is -0.724 e. The van der Waals surface area contributed by atoms with Gasteiger partial charge >= 0.3 is 59.1 Å². The Kier molecular flexibility index (Phi) is 16.7. The molecular weight excluding hydrogens is 404 g/mol. The number of aliphatic hydroxyl groups excluding tert-OH is 3. The van der Waals surface area contributed by atoms with Crippen molar-refractivity contribution < 1.29 is 119 Å². The summed E-state index contributed by atoms with van der Waals surface area (Å²) in [4.78, 5) is 14.3. The molecule has 4 N–H and O–H groups in total. The second kappa shape index (κ2) is 13.4. The van der Waals surface area contributed by atoms with E-state index in [0.29, 0.717) is 0 Å². The summed E-state index contributed by atoms with van der Waals surface area (Å²) < 4.78 is 67.1. The van der Waals surface area contributed by atoms with E-state index in [-0.39, 0.29) is 65.4 Å². The van der Waals surface area contributed by atoms with Crippen molar-refractivity contribution >= 4 is 27.1 Å². The fraction of sp³-hybridized carbons (Fsp3) is 0.833. The van der Waals surface area contributed by atoms with Gasteiger partial charge in [0.1, 0.15) is 37.2 Å². The monoisotopic (exact) mass is 415 g/mol. The number of hydrogen-bond donors (Lipinski definition) is 4. The van der Waals surface area contributed by atoms with Gasteiger partial charge in [-0.2, -0.15) is 9.76 Å². The first kappa shape index (κ1) is 30.0. The Morgan fingerprint density at radius 1 is 1.00 bits per heavy atom. The Morgan fingerprint density at radius 3 is 1.88 bits per heavy atom. The normalized spacial score (nSPS) is 16.9. The quantitative estimate of drug-likeness (QED) is 0.0613. The number of nitrogens with one attached hydrogen (secondary N) is 1. The molecule has 0 amide bonds. The molecule has 0 aliphatic carbocycles. The molecule has 0 fully saturated rings. The van der Waals surface area contributed by atoms with Gasteiger partial charge in [-0.3, -0.25) is 0 Å². The van der Waals surface area contributed by atoms with Gasteiger partial charge in [-0.25, -0.2) is 21.7 Å². The molecule has 24 heavy (non-hydrogen) atoms. The van der Waals surface area contributed by atoms with Crippen molar-refractivity contribution in [2.75, 3.05) is 6.61 Å². The van der Waals surface area contributed by atoms with Crippen molar-refractivity contribution in [1.82, 2.24) is 5.48 Å². The van der Waals surface area contributed by atoms with Crippen molar-refractivity contribution in [3.05, 3.63) is 0 Å². The van der Waals surface area contributed by atoms with Crippen LogP contribution in [0.4, 0.5) is 0 Å². The van der Waals surface area contributed by atoms with Crippen LogP contribution in [0.5, 0.6) is 0 Å². The van der Waals surface area contributed by atoms with Gasteiger partial charge in [-0.15, -0.1) is 4.33 Å². The summed E-state index contributed by atoms with van der Waals surface area (Å²) in [6, 6.07) is -1.96.